The lowest BCUT2D eigenvalue weighted by Gasteiger charge is -2.18. The first-order chi connectivity index (χ1) is 9.06. The van der Waals surface area contributed by atoms with Gasteiger partial charge in [0.15, 0.2) is 0 Å². The Labute approximate surface area is 125 Å². The SMILES string of the molecule is CCNC(=O)CN(CC)C(=O)/C=C/c1ccc(Br)s1. The Kier molecular flexibility index (Phi) is 6.80. The Morgan fingerprint density at radius 2 is 2.16 bits per heavy atom. The third kappa shape index (κ3) is 5.57. The van der Waals surface area contributed by atoms with Gasteiger partial charge in [-0.25, -0.2) is 0 Å². The van der Waals surface area contributed by atoms with E-state index in [0.29, 0.717) is 13.1 Å². The van der Waals surface area contributed by atoms with Gasteiger partial charge >= 0.3 is 0 Å². The van der Waals surface area contributed by atoms with Crippen molar-refractivity contribution in [1.82, 2.24) is 10.2 Å². The van der Waals surface area contributed by atoms with E-state index < -0.39 is 0 Å². The molecule has 0 saturated heterocycles. The van der Waals surface area contributed by atoms with Crippen LogP contribution in [0.5, 0.6) is 0 Å². The fourth-order valence-electron chi connectivity index (χ4n) is 1.45. The summed E-state index contributed by atoms with van der Waals surface area (Å²) in [6.45, 7) is 4.89. The Bertz CT molecular complexity index is 471. The summed E-state index contributed by atoms with van der Waals surface area (Å²) in [5, 5.41) is 2.68. The van der Waals surface area contributed by atoms with E-state index in [-0.39, 0.29) is 18.4 Å². The monoisotopic (exact) mass is 344 g/mol. The number of rotatable bonds is 6. The minimum Gasteiger partial charge on any atom is -0.355 e. The third-order valence-electron chi connectivity index (χ3n) is 2.39. The van der Waals surface area contributed by atoms with Gasteiger partial charge in [-0.2, -0.15) is 0 Å². The fourth-order valence-corrected chi connectivity index (χ4v) is 2.77. The highest BCUT2D eigenvalue weighted by Crippen LogP contribution is 2.22. The summed E-state index contributed by atoms with van der Waals surface area (Å²) in [6.07, 6.45) is 3.26. The zero-order valence-corrected chi connectivity index (χ0v) is 13.4. The molecule has 0 aliphatic rings. The number of hydrogen-bond donors (Lipinski definition) is 1. The summed E-state index contributed by atoms with van der Waals surface area (Å²) in [5.74, 6) is -0.289. The van der Waals surface area contributed by atoms with Gasteiger partial charge in [0.1, 0.15) is 0 Å². The summed E-state index contributed by atoms with van der Waals surface area (Å²) in [6, 6.07) is 3.86. The number of hydrogen-bond acceptors (Lipinski definition) is 3. The zero-order valence-electron chi connectivity index (χ0n) is 11.0. The molecule has 6 heteroatoms. The molecule has 1 rings (SSSR count). The molecule has 104 valence electrons. The smallest absolute Gasteiger partial charge is 0.247 e. The molecule has 1 heterocycles. The maximum Gasteiger partial charge on any atom is 0.247 e. The summed E-state index contributed by atoms with van der Waals surface area (Å²) < 4.78 is 1.02. The number of carbonyl (C=O) groups excluding carboxylic acids is 2. The molecule has 2 amide bonds. The van der Waals surface area contributed by atoms with Crippen LogP contribution in [-0.4, -0.2) is 36.3 Å². The standard InChI is InChI=1S/C13H17BrN2O2S/c1-3-15-12(17)9-16(4-2)13(18)8-6-10-5-7-11(14)19-10/h5-8H,3-4,9H2,1-2H3,(H,15,17)/b8-6+. The predicted molar refractivity (Wildman–Crippen MR) is 82.0 cm³/mol. The van der Waals surface area contributed by atoms with Gasteiger partial charge in [-0.3, -0.25) is 9.59 Å². The van der Waals surface area contributed by atoms with Crippen LogP contribution in [0.25, 0.3) is 6.08 Å². The van der Waals surface area contributed by atoms with E-state index in [4.69, 9.17) is 0 Å². The van der Waals surface area contributed by atoms with Crippen molar-refractivity contribution < 1.29 is 9.59 Å². The van der Waals surface area contributed by atoms with E-state index in [0.717, 1.165) is 8.66 Å². The van der Waals surface area contributed by atoms with Crippen LogP contribution in [0.15, 0.2) is 22.0 Å². The number of nitrogens with zero attached hydrogens (tertiary/aromatic N) is 1. The minimum atomic E-state index is -0.154. The number of amides is 2. The van der Waals surface area contributed by atoms with Crippen LogP contribution in [0, 0.1) is 0 Å². The lowest BCUT2D eigenvalue weighted by atomic mass is 10.3. The molecule has 4 nitrogen and oxygen atoms in total. The van der Waals surface area contributed by atoms with Crippen molar-refractivity contribution in [3.8, 4) is 0 Å². The number of carbonyl (C=O) groups is 2. The second-order valence-corrected chi connectivity index (χ2v) is 6.28. The lowest BCUT2D eigenvalue weighted by Crippen LogP contribution is -2.39. The van der Waals surface area contributed by atoms with Crippen LogP contribution < -0.4 is 5.32 Å². The second kappa shape index (κ2) is 8.12. The third-order valence-corrected chi connectivity index (χ3v) is 3.97. The van der Waals surface area contributed by atoms with Gasteiger partial charge in [0, 0.05) is 24.0 Å². The molecular formula is C13H17BrN2O2S. The van der Waals surface area contributed by atoms with Gasteiger partial charge in [0.05, 0.1) is 10.3 Å². The molecular weight excluding hydrogens is 328 g/mol. The minimum absolute atomic E-state index is 0.0989. The van der Waals surface area contributed by atoms with E-state index in [1.807, 2.05) is 26.0 Å². The van der Waals surface area contributed by atoms with E-state index in [1.165, 1.54) is 11.0 Å². The average molecular weight is 345 g/mol. The van der Waals surface area contributed by atoms with Gasteiger partial charge in [-0.1, -0.05) is 0 Å². The molecule has 0 fully saturated rings. The van der Waals surface area contributed by atoms with Gasteiger partial charge in [0.25, 0.3) is 0 Å². The molecule has 0 spiro atoms. The summed E-state index contributed by atoms with van der Waals surface area (Å²) >= 11 is 4.92. The largest absolute Gasteiger partial charge is 0.355 e. The van der Waals surface area contributed by atoms with Gasteiger partial charge in [-0.15, -0.1) is 11.3 Å². The number of likely N-dealkylation sites (N-methyl/N-ethyl adjacent to an activating group) is 2. The van der Waals surface area contributed by atoms with Crippen LogP contribution in [0.4, 0.5) is 0 Å². The van der Waals surface area contributed by atoms with Crippen LogP contribution in [0.3, 0.4) is 0 Å². The topological polar surface area (TPSA) is 49.4 Å². The first-order valence-corrected chi connectivity index (χ1v) is 7.66. The predicted octanol–water partition coefficient (Wildman–Crippen LogP) is 2.51. The van der Waals surface area contributed by atoms with Crippen molar-refractivity contribution in [2.45, 2.75) is 13.8 Å². The second-order valence-electron chi connectivity index (χ2n) is 3.78. The fraction of sp³-hybridized carbons (Fsp3) is 0.385. The van der Waals surface area contributed by atoms with Gasteiger partial charge < -0.3 is 10.2 Å². The quantitative estimate of drug-likeness (QED) is 0.806. The molecule has 0 unspecified atom stereocenters. The van der Waals surface area contributed by atoms with Crippen molar-refractivity contribution in [3.63, 3.8) is 0 Å². The molecule has 1 aromatic heterocycles. The molecule has 0 bridgehead atoms. The van der Waals surface area contributed by atoms with Crippen molar-refractivity contribution in [2.75, 3.05) is 19.6 Å². The highest BCUT2D eigenvalue weighted by atomic mass is 79.9. The van der Waals surface area contributed by atoms with Gasteiger partial charge in [0.2, 0.25) is 11.8 Å². The van der Waals surface area contributed by atoms with Crippen LogP contribution in [0.1, 0.15) is 18.7 Å². The van der Waals surface area contributed by atoms with Crippen molar-refractivity contribution in [3.05, 3.63) is 26.9 Å². The number of thiophene rings is 1. The van der Waals surface area contributed by atoms with Gasteiger partial charge in [-0.05, 0) is 48.0 Å². The summed E-state index contributed by atoms with van der Waals surface area (Å²) in [4.78, 5) is 25.9. The number of nitrogens with one attached hydrogen (secondary N) is 1. The Balaban J connectivity index is 2.58. The molecule has 0 aliphatic heterocycles. The normalized spacial score (nSPS) is 10.7. The highest BCUT2D eigenvalue weighted by molar-refractivity contribution is 9.11. The van der Waals surface area contributed by atoms with E-state index in [9.17, 15) is 9.59 Å². The van der Waals surface area contributed by atoms with Crippen LogP contribution in [0.2, 0.25) is 0 Å². The molecule has 0 saturated carbocycles. The summed E-state index contributed by atoms with van der Waals surface area (Å²) in [7, 11) is 0. The van der Waals surface area contributed by atoms with Crippen LogP contribution in [-0.2, 0) is 9.59 Å². The van der Waals surface area contributed by atoms with Crippen molar-refractivity contribution in [2.24, 2.45) is 0 Å². The summed E-state index contributed by atoms with van der Waals surface area (Å²) in [5.41, 5.74) is 0. The van der Waals surface area contributed by atoms with E-state index in [1.54, 1.807) is 17.4 Å². The Morgan fingerprint density at radius 3 is 2.68 bits per heavy atom. The molecule has 0 atom stereocenters. The highest BCUT2D eigenvalue weighted by Gasteiger charge is 2.12. The zero-order chi connectivity index (χ0) is 14.3. The van der Waals surface area contributed by atoms with E-state index in [2.05, 4.69) is 21.2 Å². The molecule has 19 heavy (non-hydrogen) atoms. The average Bonchev–Trinajstić information content (AvgIpc) is 2.79. The molecule has 0 aliphatic carbocycles. The van der Waals surface area contributed by atoms with Crippen LogP contribution >= 0.6 is 27.3 Å². The Hall–Kier alpha value is -1.14. The Morgan fingerprint density at radius 1 is 1.42 bits per heavy atom. The first kappa shape index (κ1) is 15.9. The molecule has 0 aromatic carbocycles. The van der Waals surface area contributed by atoms with Crippen molar-refractivity contribution in [1.29, 1.82) is 0 Å². The van der Waals surface area contributed by atoms with E-state index >= 15 is 0 Å². The molecule has 0 radical (unpaired) electrons. The van der Waals surface area contributed by atoms with Crippen molar-refractivity contribution >= 4 is 45.2 Å². The lowest BCUT2D eigenvalue weighted by molar-refractivity contribution is -0.132. The maximum atomic E-state index is 11.9. The number of halogens is 1. The molecule has 1 N–H and O–H groups in total. The molecule has 1 aromatic rings. The first-order valence-electron chi connectivity index (χ1n) is 6.05. The maximum absolute atomic E-state index is 11.9.